The van der Waals surface area contributed by atoms with Crippen molar-refractivity contribution in [2.24, 2.45) is 0 Å². The van der Waals surface area contributed by atoms with Gasteiger partial charge < -0.3 is 0 Å². The molecule has 0 unspecified atom stereocenters. The molecule has 1 aromatic carbocycles. The summed E-state index contributed by atoms with van der Waals surface area (Å²) in [5.41, 5.74) is 0.903. The summed E-state index contributed by atoms with van der Waals surface area (Å²) in [6.45, 7) is 0.813. The summed E-state index contributed by atoms with van der Waals surface area (Å²) in [5, 5.41) is 0.717. The normalized spacial score (nSPS) is 15.1. The first kappa shape index (κ1) is 10.0. The van der Waals surface area contributed by atoms with Gasteiger partial charge in [-0.1, -0.05) is 15.9 Å². The van der Waals surface area contributed by atoms with Gasteiger partial charge in [0.15, 0.2) is 0 Å². The second-order valence-electron chi connectivity index (χ2n) is 4.10. The molecule has 0 aliphatic carbocycles. The van der Waals surface area contributed by atoms with Gasteiger partial charge in [0.25, 0.3) is 5.56 Å². The van der Waals surface area contributed by atoms with Crippen LogP contribution in [-0.2, 0) is 13.0 Å². The Bertz CT molecular complexity index is 618. The smallest absolute Gasteiger partial charge is 0.261 e. The zero-order valence-corrected chi connectivity index (χ0v) is 10.3. The number of hydrogen-bond acceptors (Lipinski definition) is 2. The van der Waals surface area contributed by atoms with Crippen molar-refractivity contribution in [3.63, 3.8) is 0 Å². The minimum absolute atomic E-state index is 0.104. The largest absolute Gasteiger partial charge is 0.296 e. The molecule has 0 spiro atoms. The quantitative estimate of drug-likeness (QED) is 0.742. The molecule has 2 aromatic rings. The molecular weight excluding hydrogens is 268 g/mol. The molecule has 1 aliphatic rings. The number of nitrogens with zero attached hydrogens (tertiary/aromatic N) is 2. The monoisotopic (exact) mass is 278 g/mol. The molecule has 4 heteroatoms. The van der Waals surface area contributed by atoms with E-state index < -0.39 is 0 Å². The van der Waals surface area contributed by atoms with Crippen molar-refractivity contribution in [3.05, 3.63) is 38.9 Å². The molecule has 0 saturated heterocycles. The zero-order chi connectivity index (χ0) is 11.1. The zero-order valence-electron chi connectivity index (χ0n) is 8.74. The lowest BCUT2D eigenvalue weighted by atomic mass is 10.1. The average molecular weight is 279 g/mol. The summed E-state index contributed by atoms with van der Waals surface area (Å²) in [6, 6.07) is 5.64. The fraction of sp³-hybridized carbons (Fsp3) is 0.333. The molecule has 1 aromatic heterocycles. The van der Waals surface area contributed by atoms with Gasteiger partial charge in [-0.3, -0.25) is 9.36 Å². The van der Waals surface area contributed by atoms with Crippen molar-refractivity contribution >= 4 is 26.8 Å². The Morgan fingerprint density at radius 2 is 2.19 bits per heavy atom. The van der Waals surface area contributed by atoms with Gasteiger partial charge in [0, 0.05) is 17.4 Å². The lowest BCUT2D eigenvalue weighted by Crippen LogP contribution is -2.28. The van der Waals surface area contributed by atoms with Crippen molar-refractivity contribution < 1.29 is 0 Å². The van der Waals surface area contributed by atoms with Gasteiger partial charge in [0.2, 0.25) is 0 Å². The molecular formula is C12H11BrN2O. The molecule has 0 bridgehead atoms. The first-order valence-corrected chi connectivity index (χ1v) is 6.24. The predicted molar refractivity (Wildman–Crippen MR) is 66.6 cm³/mol. The second kappa shape index (κ2) is 3.70. The van der Waals surface area contributed by atoms with Crippen LogP contribution in [0.1, 0.15) is 18.7 Å². The van der Waals surface area contributed by atoms with E-state index in [0.29, 0.717) is 5.39 Å². The fourth-order valence-corrected chi connectivity index (χ4v) is 2.56. The molecule has 0 radical (unpaired) electrons. The third-order valence-corrected chi connectivity index (χ3v) is 3.52. The first-order chi connectivity index (χ1) is 7.75. The summed E-state index contributed by atoms with van der Waals surface area (Å²) in [6.07, 6.45) is 3.13. The molecule has 3 nitrogen and oxygen atoms in total. The number of rotatable bonds is 0. The molecule has 1 aliphatic heterocycles. The Labute approximate surface area is 101 Å². The van der Waals surface area contributed by atoms with Gasteiger partial charge in [-0.2, -0.15) is 0 Å². The van der Waals surface area contributed by atoms with Crippen LogP contribution >= 0.6 is 15.9 Å². The molecule has 0 saturated carbocycles. The lowest BCUT2D eigenvalue weighted by molar-refractivity contribution is 0.501. The van der Waals surface area contributed by atoms with E-state index in [2.05, 4.69) is 20.9 Å². The number of aryl methyl sites for hydroxylation is 1. The number of fused-ring (bicyclic) bond motifs is 2. The minimum atomic E-state index is 0.104. The van der Waals surface area contributed by atoms with Crippen LogP contribution in [-0.4, -0.2) is 9.55 Å². The average Bonchev–Trinajstić information content (AvgIpc) is 2.29. The lowest BCUT2D eigenvalue weighted by Gasteiger charge is -2.17. The molecule has 2 heterocycles. The highest BCUT2D eigenvalue weighted by molar-refractivity contribution is 9.10. The minimum Gasteiger partial charge on any atom is -0.296 e. The number of hydrogen-bond donors (Lipinski definition) is 0. The van der Waals surface area contributed by atoms with Crippen LogP contribution in [0.2, 0.25) is 0 Å². The van der Waals surface area contributed by atoms with Crippen LogP contribution < -0.4 is 5.56 Å². The third kappa shape index (κ3) is 1.48. The summed E-state index contributed by atoms with van der Waals surface area (Å²) in [4.78, 5) is 16.8. The van der Waals surface area contributed by atoms with E-state index in [9.17, 15) is 4.79 Å². The second-order valence-corrected chi connectivity index (χ2v) is 5.02. The van der Waals surface area contributed by atoms with E-state index in [4.69, 9.17) is 0 Å². The van der Waals surface area contributed by atoms with Gasteiger partial charge in [-0.25, -0.2) is 4.98 Å². The maximum absolute atomic E-state index is 12.2. The number of aromatic nitrogens is 2. The Balaban J connectivity index is 2.39. The van der Waals surface area contributed by atoms with E-state index in [1.807, 2.05) is 22.8 Å². The van der Waals surface area contributed by atoms with Gasteiger partial charge in [-0.15, -0.1) is 0 Å². The highest BCUT2D eigenvalue weighted by atomic mass is 79.9. The van der Waals surface area contributed by atoms with Crippen LogP contribution in [0.25, 0.3) is 10.9 Å². The van der Waals surface area contributed by atoms with E-state index >= 15 is 0 Å². The summed E-state index contributed by atoms with van der Waals surface area (Å²) >= 11 is 3.40. The third-order valence-electron chi connectivity index (χ3n) is 3.03. The van der Waals surface area contributed by atoms with E-state index in [1.54, 1.807) is 0 Å². The van der Waals surface area contributed by atoms with E-state index in [0.717, 1.165) is 41.6 Å². The van der Waals surface area contributed by atoms with E-state index in [-0.39, 0.29) is 5.56 Å². The highest BCUT2D eigenvalue weighted by Crippen LogP contribution is 2.18. The van der Waals surface area contributed by atoms with Gasteiger partial charge in [0.1, 0.15) is 5.82 Å². The maximum atomic E-state index is 12.2. The highest BCUT2D eigenvalue weighted by Gasteiger charge is 2.14. The Kier molecular flexibility index (Phi) is 2.32. The predicted octanol–water partition coefficient (Wildman–Crippen LogP) is 2.50. The summed E-state index contributed by atoms with van der Waals surface area (Å²) < 4.78 is 2.78. The topological polar surface area (TPSA) is 34.9 Å². The molecule has 16 heavy (non-hydrogen) atoms. The molecule has 0 fully saturated rings. The first-order valence-electron chi connectivity index (χ1n) is 5.45. The summed E-state index contributed by atoms with van der Waals surface area (Å²) in [7, 11) is 0. The number of benzene rings is 1. The number of halogens is 1. The van der Waals surface area contributed by atoms with Crippen molar-refractivity contribution in [2.45, 2.75) is 25.8 Å². The Hall–Kier alpha value is -1.16. The van der Waals surface area contributed by atoms with Gasteiger partial charge >= 0.3 is 0 Å². The van der Waals surface area contributed by atoms with Crippen molar-refractivity contribution in [2.75, 3.05) is 0 Å². The van der Waals surface area contributed by atoms with Crippen LogP contribution in [0.15, 0.2) is 27.5 Å². The van der Waals surface area contributed by atoms with E-state index in [1.165, 1.54) is 0 Å². The molecule has 3 rings (SSSR count). The van der Waals surface area contributed by atoms with Crippen LogP contribution in [0.4, 0.5) is 0 Å². The Morgan fingerprint density at radius 1 is 1.31 bits per heavy atom. The maximum Gasteiger partial charge on any atom is 0.261 e. The van der Waals surface area contributed by atoms with Crippen LogP contribution in [0, 0.1) is 0 Å². The van der Waals surface area contributed by atoms with Crippen molar-refractivity contribution in [1.29, 1.82) is 0 Å². The molecule has 82 valence electrons. The summed E-state index contributed by atoms with van der Waals surface area (Å²) in [5.74, 6) is 0.932. The Morgan fingerprint density at radius 3 is 3.06 bits per heavy atom. The molecule has 0 atom stereocenters. The fourth-order valence-electron chi connectivity index (χ4n) is 2.21. The van der Waals surface area contributed by atoms with Crippen LogP contribution in [0.3, 0.4) is 0 Å². The van der Waals surface area contributed by atoms with Gasteiger partial charge in [-0.05, 0) is 31.0 Å². The standard InChI is InChI=1S/C12H11BrN2O/c13-8-4-5-9-10(7-8)14-11-3-1-2-6-15(11)12(9)16/h4-5,7H,1-3,6H2. The van der Waals surface area contributed by atoms with Crippen molar-refractivity contribution in [3.8, 4) is 0 Å². The molecule has 0 amide bonds. The van der Waals surface area contributed by atoms with Crippen molar-refractivity contribution in [1.82, 2.24) is 9.55 Å². The SMILES string of the molecule is O=c1c2ccc(Br)cc2nc2n1CCCC2. The van der Waals surface area contributed by atoms with Gasteiger partial charge in [0.05, 0.1) is 10.9 Å². The van der Waals surface area contributed by atoms with Crippen LogP contribution in [0.5, 0.6) is 0 Å². The molecule has 0 N–H and O–H groups in total.